The largest absolute Gasteiger partial charge is 0.322 e. The number of carbonyl (C=O) groups is 1. The van der Waals surface area contributed by atoms with Crippen LogP contribution in [0, 0.1) is 0 Å². The van der Waals surface area contributed by atoms with Crippen molar-refractivity contribution in [2.75, 3.05) is 11.9 Å². The van der Waals surface area contributed by atoms with Crippen molar-refractivity contribution < 1.29 is 4.79 Å². The summed E-state index contributed by atoms with van der Waals surface area (Å²) >= 11 is 3.45. The van der Waals surface area contributed by atoms with Gasteiger partial charge in [0.25, 0.3) is 0 Å². The molecule has 1 atom stereocenters. The van der Waals surface area contributed by atoms with Crippen LogP contribution >= 0.6 is 15.9 Å². The number of piperidine rings is 1. The van der Waals surface area contributed by atoms with Crippen molar-refractivity contribution in [1.82, 2.24) is 4.90 Å². The molecule has 0 aromatic heterocycles. The van der Waals surface area contributed by atoms with Gasteiger partial charge in [-0.2, -0.15) is 0 Å². The minimum absolute atomic E-state index is 0.0217. The lowest BCUT2D eigenvalue weighted by Crippen LogP contribution is -2.45. The normalized spacial score (nSPS) is 19.7. The zero-order valence-electron chi connectivity index (χ0n) is 10.7. The molecule has 18 heavy (non-hydrogen) atoms. The highest BCUT2D eigenvalue weighted by molar-refractivity contribution is 9.10. The van der Waals surface area contributed by atoms with E-state index in [2.05, 4.69) is 28.2 Å². The zero-order chi connectivity index (χ0) is 13.0. The Bertz CT molecular complexity index is 422. The van der Waals surface area contributed by atoms with Crippen molar-refractivity contribution in [2.45, 2.75) is 38.6 Å². The summed E-state index contributed by atoms with van der Waals surface area (Å²) in [6.45, 7) is 3.02. The van der Waals surface area contributed by atoms with Crippen molar-refractivity contribution in [3.8, 4) is 0 Å². The number of rotatable bonds is 2. The molecule has 1 N–H and O–H groups in total. The summed E-state index contributed by atoms with van der Waals surface area (Å²) in [5, 5.41) is 2.98. The maximum absolute atomic E-state index is 12.3. The zero-order valence-corrected chi connectivity index (χ0v) is 12.2. The van der Waals surface area contributed by atoms with Crippen LogP contribution < -0.4 is 5.32 Å². The predicted octanol–water partition coefficient (Wildman–Crippen LogP) is 4.25. The number of benzene rings is 1. The average molecular weight is 311 g/mol. The van der Waals surface area contributed by atoms with Crippen LogP contribution in [0.3, 0.4) is 0 Å². The van der Waals surface area contributed by atoms with Gasteiger partial charge in [0.05, 0.1) is 5.69 Å². The third kappa shape index (κ3) is 3.05. The lowest BCUT2D eigenvalue weighted by Gasteiger charge is -2.35. The van der Waals surface area contributed by atoms with Gasteiger partial charge in [-0.25, -0.2) is 4.79 Å². The van der Waals surface area contributed by atoms with E-state index in [9.17, 15) is 4.79 Å². The molecule has 0 spiro atoms. The lowest BCUT2D eigenvalue weighted by molar-refractivity contribution is 0.160. The molecule has 1 heterocycles. The fraction of sp³-hybridized carbons (Fsp3) is 0.500. The third-order valence-electron chi connectivity index (χ3n) is 3.47. The molecule has 3 nitrogen and oxygen atoms in total. The SMILES string of the molecule is CCC1CCCCN1C(=O)Nc1ccccc1Br. The van der Waals surface area contributed by atoms with Crippen molar-refractivity contribution in [2.24, 2.45) is 0 Å². The van der Waals surface area contributed by atoms with Crippen molar-refractivity contribution in [3.63, 3.8) is 0 Å². The molecule has 1 aliphatic heterocycles. The molecule has 0 radical (unpaired) electrons. The summed E-state index contributed by atoms with van der Waals surface area (Å²) in [5.41, 5.74) is 0.836. The number of urea groups is 1. The molecule has 4 heteroatoms. The van der Waals surface area contributed by atoms with Crippen LogP contribution in [0.2, 0.25) is 0 Å². The summed E-state index contributed by atoms with van der Waals surface area (Å²) < 4.78 is 0.920. The number of hydrogen-bond acceptors (Lipinski definition) is 1. The molecule has 98 valence electrons. The van der Waals surface area contributed by atoms with Crippen LogP contribution in [0.25, 0.3) is 0 Å². The number of hydrogen-bond donors (Lipinski definition) is 1. The van der Waals surface area contributed by atoms with E-state index in [1.54, 1.807) is 0 Å². The number of carbonyl (C=O) groups excluding carboxylic acids is 1. The van der Waals surface area contributed by atoms with E-state index < -0.39 is 0 Å². The van der Waals surface area contributed by atoms with Crippen molar-refractivity contribution >= 4 is 27.6 Å². The van der Waals surface area contributed by atoms with Gasteiger partial charge in [0.15, 0.2) is 0 Å². The molecule has 1 saturated heterocycles. The highest BCUT2D eigenvalue weighted by Gasteiger charge is 2.25. The fourth-order valence-corrected chi connectivity index (χ4v) is 2.83. The van der Waals surface area contributed by atoms with Gasteiger partial charge in [0.1, 0.15) is 0 Å². The van der Waals surface area contributed by atoms with Crippen molar-refractivity contribution in [3.05, 3.63) is 28.7 Å². The number of amides is 2. The molecule has 2 rings (SSSR count). The number of nitrogens with one attached hydrogen (secondary N) is 1. The van der Waals surface area contributed by atoms with Gasteiger partial charge in [0, 0.05) is 17.1 Å². The van der Waals surface area contributed by atoms with Crippen molar-refractivity contribution in [1.29, 1.82) is 0 Å². The van der Waals surface area contributed by atoms with E-state index >= 15 is 0 Å². The Kier molecular flexibility index (Phi) is 4.64. The van der Waals surface area contributed by atoms with Gasteiger partial charge in [-0.3, -0.25) is 0 Å². The molecule has 1 aromatic rings. The van der Waals surface area contributed by atoms with E-state index in [4.69, 9.17) is 0 Å². The Morgan fingerprint density at radius 1 is 1.44 bits per heavy atom. The third-order valence-corrected chi connectivity index (χ3v) is 4.17. The second kappa shape index (κ2) is 6.23. The molecule has 1 aliphatic rings. The Morgan fingerprint density at radius 3 is 2.94 bits per heavy atom. The summed E-state index contributed by atoms with van der Waals surface area (Å²) in [4.78, 5) is 14.3. The number of anilines is 1. The maximum Gasteiger partial charge on any atom is 0.322 e. The number of halogens is 1. The van der Waals surface area contributed by atoms with Crippen LogP contribution in [-0.2, 0) is 0 Å². The molecule has 1 unspecified atom stereocenters. The van der Waals surface area contributed by atoms with E-state index in [1.165, 1.54) is 6.42 Å². The van der Waals surface area contributed by atoms with Gasteiger partial charge < -0.3 is 10.2 Å². The lowest BCUT2D eigenvalue weighted by atomic mass is 10.0. The molecule has 0 aliphatic carbocycles. The van der Waals surface area contributed by atoms with E-state index in [0.717, 1.165) is 36.0 Å². The average Bonchev–Trinajstić information content (AvgIpc) is 2.41. The first kappa shape index (κ1) is 13.4. The molecule has 1 aromatic carbocycles. The Hall–Kier alpha value is -1.03. The molecule has 0 bridgehead atoms. The van der Waals surface area contributed by atoms with Gasteiger partial charge in [-0.15, -0.1) is 0 Å². The standard InChI is InChI=1S/C14H19BrN2O/c1-2-11-7-5-6-10-17(11)14(18)16-13-9-4-3-8-12(13)15/h3-4,8-9,11H,2,5-7,10H2,1H3,(H,16,18). The monoisotopic (exact) mass is 310 g/mol. The first-order chi connectivity index (χ1) is 8.72. The van der Waals surface area contributed by atoms with E-state index in [-0.39, 0.29) is 6.03 Å². The molecule has 1 fully saturated rings. The summed E-state index contributed by atoms with van der Waals surface area (Å²) in [6.07, 6.45) is 4.50. The highest BCUT2D eigenvalue weighted by atomic mass is 79.9. The van der Waals surface area contributed by atoms with Gasteiger partial charge in [0.2, 0.25) is 0 Å². The fourth-order valence-electron chi connectivity index (χ4n) is 2.44. The smallest absolute Gasteiger partial charge is 0.322 e. The first-order valence-electron chi connectivity index (χ1n) is 6.54. The van der Waals surface area contributed by atoms with Gasteiger partial charge in [-0.05, 0) is 53.7 Å². The summed E-state index contributed by atoms with van der Waals surface area (Å²) in [6, 6.07) is 8.12. The quantitative estimate of drug-likeness (QED) is 0.870. The van der Waals surface area contributed by atoms with Gasteiger partial charge in [-0.1, -0.05) is 19.1 Å². The minimum Gasteiger partial charge on any atom is -0.322 e. The minimum atomic E-state index is 0.0217. The van der Waals surface area contributed by atoms with Crippen LogP contribution in [0.1, 0.15) is 32.6 Å². The molecular weight excluding hydrogens is 292 g/mol. The van der Waals surface area contributed by atoms with Gasteiger partial charge >= 0.3 is 6.03 Å². The topological polar surface area (TPSA) is 32.3 Å². The Morgan fingerprint density at radius 2 is 2.22 bits per heavy atom. The second-order valence-corrected chi connectivity index (χ2v) is 5.52. The van der Waals surface area contributed by atoms with Crippen LogP contribution in [-0.4, -0.2) is 23.5 Å². The van der Waals surface area contributed by atoms with E-state index in [0.29, 0.717) is 6.04 Å². The second-order valence-electron chi connectivity index (χ2n) is 4.66. The van der Waals surface area contributed by atoms with Crippen LogP contribution in [0.5, 0.6) is 0 Å². The molecular formula is C14H19BrN2O. The predicted molar refractivity (Wildman–Crippen MR) is 77.8 cm³/mol. The summed E-state index contributed by atoms with van der Waals surface area (Å²) in [7, 11) is 0. The number of para-hydroxylation sites is 1. The Balaban J connectivity index is 2.05. The van der Waals surface area contributed by atoms with Crippen LogP contribution in [0.15, 0.2) is 28.7 Å². The highest BCUT2D eigenvalue weighted by Crippen LogP contribution is 2.24. The first-order valence-corrected chi connectivity index (χ1v) is 7.34. The molecule has 0 saturated carbocycles. The Labute approximate surface area is 117 Å². The maximum atomic E-state index is 12.3. The molecule has 2 amide bonds. The number of nitrogens with zero attached hydrogens (tertiary/aromatic N) is 1. The summed E-state index contributed by atoms with van der Waals surface area (Å²) in [5.74, 6) is 0. The van der Waals surface area contributed by atoms with E-state index in [1.807, 2.05) is 29.2 Å². The van der Waals surface area contributed by atoms with Crippen LogP contribution in [0.4, 0.5) is 10.5 Å². The number of likely N-dealkylation sites (tertiary alicyclic amines) is 1.